The summed E-state index contributed by atoms with van der Waals surface area (Å²) in [7, 11) is 0. The molecule has 0 spiro atoms. The quantitative estimate of drug-likeness (QED) is 0.899. The molecule has 1 fully saturated rings. The second-order valence-electron chi connectivity index (χ2n) is 5.34. The van der Waals surface area contributed by atoms with Crippen LogP contribution < -0.4 is 5.32 Å². The van der Waals surface area contributed by atoms with Crippen molar-refractivity contribution in [3.05, 3.63) is 36.7 Å². The molecule has 1 aliphatic carbocycles. The summed E-state index contributed by atoms with van der Waals surface area (Å²) < 4.78 is 1.68. The van der Waals surface area contributed by atoms with Gasteiger partial charge in [-0.2, -0.15) is 0 Å². The van der Waals surface area contributed by atoms with Crippen LogP contribution in [0.25, 0.3) is 5.95 Å². The molecular weight excluding hydrogens is 294 g/mol. The summed E-state index contributed by atoms with van der Waals surface area (Å²) in [5.41, 5.74) is 0.397. The Balaban J connectivity index is 0.000000595. The van der Waals surface area contributed by atoms with Crippen LogP contribution in [-0.4, -0.2) is 43.2 Å². The monoisotopic (exact) mass is 317 g/mol. The average Bonchev–Trinajstić information content (AvgIpc) is 3.11. The lowest BCUT2D eigenvalue weighted by Crippen LogP contribution is -2.36. The van der Waals surface area contributed by atoms with E-state index in [1.54, 1.807) is 42.5 Å². The molecule has 0 bridgehead atoms. The van der Waals surface area contributed by atoms with E-state index in [0.717, 1.165) is 12.8 Å². The van der Waals surface area contributed by atoms with E-state index in [1.165, 1.54) is 19.3 Å². The molecule has 2 heterocycles. The van der Waals surface area contributed by atoms with E-state index in [0.29, 0.717) is 11.6 Å². The lowest BCUT2D eigenvalue weighted by molar-refractivity contribution is 0.0922. The number of hydrogen-bond donors (Lipinski definition) is 2. The Hall–Kier alpha value is -2.28. The summed E-state index contributed by atoms with van der Waals surface area (Å²) in [6, 6.07) is 1.92. The zero-order valence-electron chi connectivity index (χ0n) is 13.4. The number of aliphatic hydroxyl groups is 1. The number of rotatable bonds is 3. The van der Waals surface area contributed by atoms with Gasteiger partial charge in [-0.15, -0.1) is 0 Å². The second kappa shape index (κ2) is 8.99. The Morgan fingerprint density at radius 1 is 1.35 bits per heavy atom. The summed E-state index contributed by atoms with van der Waals surface area (Å²) >= 11 is 0. The first-order chi connectivity index (χ1) is 11.2. The van der Waals surface area contributed by atoms with Gasteiger partial charge in [0.1, 0.15) is 12.0 Å². The van der Waals surface area contributed by atoms with Gasteiger partial charge in [0.2, 0.25) is 5.95 Å². The first-order valence-corrected chi connectivity index (χ1v) is 7.97. The molecule has 0 unspecified atom stereocenters. The highest BCUT2D eigenvalue weighted by Gasteiger charge is 2.17. The molecule has 0 radical (unpaired) electrons. The van der Waals surface area contributed by atoms with E-state index in [4.69, 9.17) is 5.11 Å². The van der Waals surface area contributed by atoms with E-state index in [2.05, 4.69) is 20.3 Å². The summed E-state index contributed by atoms with van der Waals surface area (Å²) in [5, 5.41) is 10.6. The average molecular weight is 317 g/mol. The van der Waals surface area contributed by atoms with Crippen LogP contribution in [0, 0.1) is 0 Å². The third-order valence-corrected chi connectivity index (χ3v) is 3.55. The van der Waals surface area contributed by atoms with Crippen molar-refractivity contribution in [1.29, 1.82) is 0 Å². The van der Waals surface area contributed by atoms with Gasteiger partial charge in [0, 0.05) is 31.2 Å². The maximum atomic E-state index is 12.2. The number of nitrogens with one attached hydrogen (secondary N) is 1. The smallest absolute Gasteiger partial charge is 0.270 e. The summed E-state index contributed by atoms with van der Waals surface area (Å²) in [6.07, 6.45) is 12.4. The van der Waals surface area contributed by atoms with Crippen molar-refractivity contribution in [2.45, 2.75) is 45.1 Å². The first-order valence-electron chi connectivity index (χ1n) is 7.97. The lowest BCUT2D eigenvalue weighted by atomic mass is 9.95. The van der Waals surface area contributed by atoms with E-state index >= 15 is 0 Å². The topological polar surface area (TPSA) is 92.9 Å². The van der Waals surface area contributed by atoms with Crippen LogP contribution in [0.3, 0.4) is 0 Å². The Bertz CT molecular complexity index is 594. The van der Waals surface area contributed by atoms with E-state index < -0.39 is 0 Å². The van der Waals surface area contributed by atoms with Gasteiger partial charge < -0.3 is 10.4 Å². The minimum absolute atomic E-state index is 0.124. The predicted molar refractivity (Wildman–Crippen MR) is 86.3 cm³/mol. The van der Waals surface area contributed by atoms with Crippen LogP contribution in [-0.2, 0) is 0 Å². The van der Waals surface area contributed by atoms with Crippen molar-refractivity contribution in [1.82, 2.24) is 24.8 Å². The van der Waals surface area contributed by atoms with Gasteiger partial charge in [0.15, 0.2) is 0 Å². The van der Waals surface area contributed by atoms with Crippen LogP contribution in [0.4, 0.5) is 0 Å². The van der Waals surface area contributed by atoms with E-state index in [9.17, 15) is 4.79 Å². The van der Waals surface area contributed by atoms with Gasteiger partial charge in [-0.05, 0) is 25.8 Å². The summed E-state index contributed by atoms with van der Waals surface area (Å²) in [5.74, 6) is 0.333. The number of hydrogen-bond acceptors (Lipinski definition) is 5. The Morgan fingerprint density at radius 3 is 2.74 bits per heavy atom. The number of carbonyl (C=O) groups is 1. The third kappa shape index (κ3) is 5.14. The van der Waals surface area contributed by atoms with Crippen molar-refractivity contribution in [3.8, 4) is 5.95 Å². The van der Waals surface area contributed by atoms with E-state index in [1.807, 2.05) is 0 Å². The maximum absolute atomic E-state index is 12.2. The highest BCUT2D eigenvalue weighted by atomic mass is 16.2. The maximum Gasteiger partial charge on any atom is 0.270 e. The van der Waals surface area contributed by atoms with Gasteiger partial charge in [0.05, 0.1) is 0 Å². The molecule has 0 atom stereocenters. The lowest BCUT2D eigenvalue weighted by Gasteiger charge is -2.22. The fourth-order valence-corrected chi connectivity index (χ4v) is 2.48. The van der Waals surface area contributed by atoms with Gasteiger partial charge >= 0.3 is 0 Å². The van der Waals surface area contributed by atoms with Crippen LogP contribution in [0.15, 0.2) is 31.0 Å². The number of aromatic nitrogens is 4. The molecule has 0 saturated heterocycles. The number of imidazole rings is 1. The largest absolute Gasteiger partial charge is 0.397 e. The van der Waals surface area contributed by atoms with Crippen molar-refractivity contribution in [3.63, 3.8) is 0 Å². The Labute approximate surface area is 135 Å². The summed E-state index contributed by atoms with van der Waals surface area (Å²) in [4.78, 5) is 24.6. The number of amides is 1. The SMILES string of the molecule is CCO.O=C(NC1CCCCC1)c1ccnc(-n2ccnc2)n1. The molecule has 3 rings (SSSR count). The number of aliphatic hydroxyl groups excluding tert-OH is 1. The number of nitrogens with zero attached hydrogens (tertiary/aromatic N) is 4. The zero-order chi connectivity index (χ0) is 16.5. The molecule has 1 saturated carbocycles. The zero-order valence-corrected chi connectivity index (χ0v) is 13.4. The predicted octanol–water partition coefficient (Wildman–Crippen LogP) is 1.72. The highest BCUT2D eigenvalue weighted by Crippen LogP contribution is 2.17. The molecule has 2 aromatic heterocycles. The second-order valence-corrected chi connectivity index (χ2v) is 5.34. The molecule has 7 heteroatoms. The Morgan fingerprint density at radius 2 is 2.09 bits per heavy atom. The molecule has 1 aliphatic rings. The Kier molecular flexibility index (Phi) is 6.68. The van der Waals surface area contributed by atoms with Crippen LogP contribution in [0.5, 0.6) is 0 Å². The molecule has 23 heavy (non-hydrogen) atoms. The molecular formula is C16H23N5O2. The van der Waals surface area contributed by atoms with Gasteiger partial charge in [-0.1, -0.05) is 19.3 Å². The standard InChI is InChI=1S/C14H17N5O.C2H6O/c20-13(17-11-4-2-1-3-5-11)12-6-7-16-14(18-12)19-9-8-15-10-19;1-2-3/h6-11H,1-5H2,(H,17,20);3H,2H2,1H3. The van der Waals surface area contributed by atoms with Crippen molar-refractivity contribution >= 4 is 5.91 Å². The molecule has 1 amide bonds. The minimum atomic E-state index is -0.124. The first kappa shape index (κ1) is 17.1. The van der Waals surface area contributed by atoms with Crippen molar-refractivity contribution < 1.29 is 9.90 Å². The van der Waals surface area contributed by atoms with Crippen LogP contribution in [0.1, 0.15) is 49.5 Å². The van der Waals surface area contributed by atoms with Gasteiger partial charge in [0.25, 0.3) is 5.91 Å². The van der Waals surface area contributed by atoms with Crippen molar-refractivity contribution in [2.24, 2.45) is 0 Å². The molecule has 0 aromatic carbocycles. The van der Waals surface area contributed by atoms with Gasteiger partial charge in [-0.3, -0.25) is 9.36 Å². The summed E-state index contributed by atoms with van der Waals surface area (Å²) in [6.45, 7) is 1.93. The molecule has 7 nitrogen and oxygen atoms in total. The normalized spacial score (nSPS) is 14.7. The fraction of sp³-hybridized carbons (Fsp3) is 0.500. The highest BCUT2D eigenvalue weighted by molar-refractivity contribution is 5.92. The fourth-order valence-electron chi connectivity index (χ4n) is 2.48. The van der Waals surface area contributed by atoms with Crippen molar-refractivity contribution in [2.75, 3.05) is 6.61 Å². The molecule has 2 aromatic rings. The molecule has 124 valence electrons. The third-order valence-electron chi connectivity index (χ3n) is 3.55. The number of carbonyl (C=O) groups excluding carboxylic acids is 1. The molecule has 0 aliphatic heterocycles. The van der Waals surface area contributed by atoms with E-state index in [-0.39, 0.29) is 18.6 Å². The van der Waals surface area contributed by atoms with Crippen LogP contribution in [0.2, 0.25) is 0 Å². The minimum Gasteiger partial charge on any atom is -0.397 e. The van der Waals surface area contributed by atoms with Crippen LogP contribution >= 0.6 is 0 Å². The molecule has 2 N–H and O–H groups in total. The van der Waals surface area contributed by atoms with Gasteiger partial charge in [-0.25, -0.2) is 15.0 Å².